The lowest BCUT2D eigenvalue weighted by atomic mass is 11.5. The second kappa shape index (κ2) is 4.58. The fourth-order valence-electron chi connectivity index (χ4n) is 0.113. The van der Waals surface area contributed by atoms with Crippen LogP contribution in [0.2, 0.25) is 0 Å². The molecule has 0 aromatic carbocycles. The van der Waals surface area contributed by atoms with Crippen LogP contribution in [0.1, 0.15) is 0 Å². The fourth-order valence-corrected chi connectivity index (χ4v) is 0.113. The molecule has 56 valence electrons. The number of hydrogen-bond donors (Lipinski definition) is 2. The van der Waals surface area contributed by atoms with Crippen molar-refractivity contribution in [2.75, 3.05) is 14.1 Å². The van der Waals surface area contributed by atoms with Crippen LogP contribution in [0.25, 0.3) is 0 Å². The van der Waals surface area contributed by atoms with Gasteiger partial charge in [-0.15, -0.1) is 0 Å². The van der Waals surface area contributed by atoms with Gasteiger partial charge in [-0.1, -0.05) is 0 Å². The summed E-state index contributed by atoms with van der Waals surface area (Å²) in [5, 5.41) is 22.1. The Morgan fingerprint density at radius 1 is 1.00 bits per heavy atom. The standard InChI is InChI=1S/C2H8N2O5/c1-3(5)7-9-8-4(2)6/h3-4H,1-2H3. The largest absolute Gasteiger partial charge is 0.598 e. The Morgan fingerprint density at radius 2 is 1.33 bits per heavy atom. The second-order valence-corrected chi connectivity index (χ2v) is 1.22. The Bertz CT molecular complexity index is 58.0. The van der Waals surface area contributed by atoms with Gasteiger partial charge in [0.05, 0.1) is 14.1 Å². The maximum absolute atomic E-state index is 9.89. The molecule has 0 amide bonds. The van der Waals surface area contributed by atoms with E-state index >= 15 is 0 Å². The van der Waals surface area contributed by atoms with Crippen molar-refractivity contribution in [2.45, 2.75) is 0 Å². The van der Waals surface area contributed by atoms with Crippen molar-refractivity contribution < 1.29 is 25.5 Å². The Hall–Kier alpha value is -0.280. The van der Waals surface area contributed by atoms with Crippen LogP contribution >= 0.6 is 0 Å². The summed E-state index contributed by atoms with van der Waals surface area (Å²) in [6.45, 7) is 0. The summed E-state index contributed by atoms with van der Waals surface area (Å²) in [6.07, 6.45) is 0. The topological polar surface area (TPSA) is 82.7 Å². The molecule has 2 atom stereocenters. The molecule has 0 saturated heterocycles. The van der Waals surface area contributed by atoms with Crippen LogP contribution < -0.4 is 10.5 Å². The quantitative estimate of drug-likeness (QED) is 0.316. The van der Waals surface area contributed by atoms with Gasteiger partial charge in [-0.25, -0.2) is 0 Å². The number of nitrogens with one attached hydrogen (secondary N) is 2. The van der Waals surface area contributed by atoms with Gasteiger partial charge in [0.25, 0.3) is 0 Å². The first-order valence-corrected chi connectivity index (χ1v) is 2.15. The number of hydroxylamine groups is 4. The number of rotatable bonds is 4. The zero-order valence-corrected chi connectivity index (χ0v) is 5.04. The van der Waals surface area contributed by atoms with Crippen LogP contribution in [0.4, 0.5) is 0 Å². The van der Waals surface area contributed by atoms with Crippen LogP contribution in [-0.4, -0.2) is 14.1 Å². The Morgan fingerprint density at radius 3 is 1.56 bits per heavy atom. The maximum atomic E-state index is 9.89. The smallest absolute Gasteiger partial charge is 0.0993 e. The van der Waals surface area contributed by atoms with Crippen molar-refractivity contribution >= 4 is 0 Å². The number of quaternary nitrogens is 2. The predicted octanol–water partition coefficient (Wildman–Crippen LogP) is -3.28. The first-order valence-electron chi connectivity index (χ1n) is 2.15. The predicted molar refractivity (Wildman–Crippen MR) is 23.8 cm³/mol. The van der Waals surface area contributed by atoms with Gasteiger partial charge < -0.3 is 10.4 Å². The molecule has 2 unspecified atom stereocenters. The molecular formula is C2H8N2O5. The van der Waals surface area contributed by atoms with Gasteiger partial charge in [-0.2, -0.15) is 10.5 Å². The van der Waals surface area contributed by atoms with Crippen molar-refractivity contribution in [2.24, 2.45) is 0 Å². The molecular weight excluding hydrogens is 132 g/mol. The van der Waals surface area contributed by atoms with E-state index in [0.29, 0.717) is 0 Å². The van der Waals surface area contributed by atoms with E-state index in [1.807, 2.05) is 0 Å². The zero-order valence-electron chi connectivity index (χ0n) is 5.04. The first-order chi connectivity index (χ1) is 4.13. The molecule has 0 aromatic rings. The van der Waals surface area contributed by atoms with Gasteiger partial charge in [0.1, 0.15) is 0 Å². The lowest BCUT2D eigenvalue weighted by Crippen LogP contribution is -3.06. The minimum atomic E-state index is -0.684. The second-order valence-electron chi connectivity index (χ2n) is 1.22. The highest BCUT2D eigenvalue weighted by Gasteiger charge is 1.93. The van der Waals surface area contributed by atoms with Crippen molar-refractivity contribution in [1.29, 1.82) is 0 Å². The van der Waals surface area contributed by atoms with Crippen LogP contribution in [-0.2, 0) is 15.0 Å². The third kappa shape index (κ3) is 7.72. The molecule has 0 spiro atoms. The molecule has 0 aliphatic carbocycles. The van der Waals surface area contributed by atoms with Crippen molar-refractivity contribution in [3.05, 3.63) is 10.4 Å². The molecule has 0 aliphatic rings. The Balaban J connectivity index is 2.91. The molecule has 0 rings (SSSR count). The lowest BCUT2D eigenvalue weighted by Gasteiger charge is -2.12. The molecule has 7 nitrogen and oxygen atoms in total. The monoisotopic (exact) mass is 140 g/mol. The third-order valence-corrected chi connectivity index (χ3v) is 0.303. The lowest BCUT2D eigenvalue weighted by molar-refractivity contribution is -1.19. The average molecular weight is 140 g/mol. The van der Waals surface area contributed by atoms with Gasteiger partial charge >= 0.3 is 0 Å². The highest BCUT2D eigenvalue weighted by molar-refractivity contribution is 3.80. The molecule has 0 radical (unpaired) electrons. The van der Waals surface area contributed by atoms with Crippen LogP contribution in [0.15, 0.2) is 0 Å². The Kier molecular flexibility index (Phi) is 4.44. The summed E-state index contributed by atoms with van der Waals surface area (Å²) in [4.78, 5) is 7.54. The number of hydrogen-bond acceptors (Lipinski definition) is 5. The summed E-state index contributed by atoms with van der Waals surface area (Å²) in [7, 11) is 2.23. The normalized spacial score (nSPS) is 17.3. The van der Waals surface area contributed by atoms with Crippen LogP contribution in [0, 0.1) is 10.4 Å². The minimum absolute atomic E-state index is 0.684. The molecule has 9 heavy (non-hydrogen) atoms. The van der Waals surface area contributed by atoms with Crippen molar-refractivity contribution in [3.8, 4) is 0 Å². The zero-order chi connectivity index (χ0) is 7.28. The van der Waals surface area contributed by atoms with E-state index in [9.17, 15) is 10.4 Å². The molecule has 0 heterocycles. The first kappa shape index (κ1) is 8.72. The van der Waals surface area contributed by atoms with Gasteiger partial charge in [0.15, 0.2) is 0 Å². The van der Waals surface area contributed by atoms with Gasteiger partial charge in [-0.05, 0) is 0 Å². The summed E-state index contributed by atoms with van der Waals surface area (Å²) in [6, 6.07) is 0. The van der Waals surface area contributed by atoms with E-state index in [-0.39, 0.29) is 0 Å². The van der Waals surface area contributed by atoms with E-state index in [2.05, 4.69) is 15.0 Å². The maximum Gasteiger partial charge on any atom is 0.0993 e. The summed E-state index contributed by atoms with van der Waals surface area (Å²) in [5.41, 5.74) is 0. The van der Waals surface area contributed by atoms with E-state index in [4.69, 9.17) is 0 Å². The molecule has 0 saturated carbocycles. The van der Waals surface area contributed by atoms with Gasteiger partial charge in [0.2, 0.25) is 0 Å². The van der Waals surface area contributed by atoms with E-state index in [1.165, 1.54) is 0 Å². The highest BCUT2D eigenvalue weighted by Crippen LogP contribution is 1.58. The van der Waals surface area contributed by atoms with Crippen molar-refractivity contribution in [3.63, 3.8) is 0 Å². The molecule has 7 heteroatoms. The van der Waals surface area contributed by atoms with E-state index in [1.54, 1.807) is 0 Å². The van der Waals surface area contributed by atoms with Crippen LogP contribution in [0.3, 0.4) is 0 Å². The van der Waals surface area contributed by atoms with E-state index in [0.717, 1.165) is 14.1 Å². The van der Waals surface area contributed by atoms with Crippen molar-refractivity contribution in [1.82, 2.24) is 0 Å². The summed E-state index contributed by atoms with van der Waals surface area (Å²) in [5.74, 6) is 0. The van der Waals surface area contributed by atoms with Crippen LogP contribution in [0.5, 0.6) is 0 Å². The molecule has 0 aliphatic heterocycles. The Labute approximate surface area is 51.2 Å². The average Bonchev–Trinajstić information content (AvgIpc) is 1.63. The molecule has 2 N–H and O–H groups in total. The SMILES string of the molecule is C[NH+]([O-])OOO[NH+](C)[O-]. The third-order valence-electron chi connectivity index (χ3n) is 0.303. The molecule has 0 aromatic heterocycles. The van der Waals surface area contributed by atoms with Gasteiger partial charge in [0, 0.05) is 15.0 Å². The van der Waals surface area contributed by atoms with E-state index < -0.39 is 10.5 Å². The molecule has 0 fully saturated rings. The van der Waals surface area contributed by atoms with Gasteiger partial charge in [-0.3, -0.25) is 0 Å². The summed E-state index contributed by atoms with van der Waals surface area (Å²) < 4.78 is 0. The highest BCUT2D eigenvalue weighted by atomic mass is 17.6. The summed E-state index contributed by atoms with van der Waals surface area (Å²) >= 11 is 0. The fraction of sp³-hybridized carbons (Fsp3) is 1.00. The molecule has 0 bridgehead atoms. The minimum Gasteiger partial charge on any atom is -0.598 e.